The highest BCUT2D eigenvalue weighted by atomic mass is 19.1. The number of amides is 2. The summed E-state index contributed by atoms with van der Waals surface area (Å²) in [7, 11) is 3.67. The van der Waals surface area contributed by atoms with Crippen molar-refractivity contribution in [2.45, 2.75) is 6.92 Å². The number of piperazine rings is 1. The summed E-state index contributed by atoms with van der Waals surface area (Å²) < 4.78 is 14.6. The van der Waals surface area contributed by atoms with E-state index in [1.807, 2.05) is 0 Å². The van der Waals surface area contributed by atoms with Crippen molar-refractivity contribution in [2.24, 2.45) is 0 Å². The fourth-order valence-electron chi connectivity index (χ4n) is 2.99. The Morgan fingerprint density at radius 1 is 1.22 bits per heavy atom. The molecule has 0 spiro atoms. The molecule has 2 heterocycles. The van der Waals surface area contributed by atoms with Crippen LogP contribution in [0.4, 0.5) is 4.39 Å². The van der Waals surface area contributed by atoms with E-state index in [0.29, 0.717) is 24.6 Å². The number of aromatic nitrogens is 3. The number of nitrogens with zero attached hydrogens (tertiary/aromatic N) is 5. The van der Waals surface area contributed by atoms with Crippen molar-refractivity contribution in [3.63, 3.8) is 0 Å². The summed E-state index contributed by atoms with van der Waals surface area (Å²) >= 11 is 0. The number of nitrogens with one attached hydrogen (secondary N) is 1. The predicted octanol–water partition coefficient (Wildman–Crippen LogP) is -0.856. The summed E-state index contributed by atoms with van der Waals surface area (Å²) in [4.78, 5) is 33.7. The van der Waals surface area contributed by atoms with E-state index in [0.717, 1.165) is 13.1 Å². The molecule has 1 saturated heterocycles. The molecular weight excluding hydrogens is 351 g/mol. The maximum absolute atomic E-state index is 13.1. The van der Waals surface area contributed by atoms with Gasteiger partial charge < -0.3 is 14.7 Å². The maximum atomic E-state index is 13.1. The Hall–Kier alpha value is -2.81. The first-order valence-corrected chi connectivity index (χ1v) is 8.89. The molecule has 1 N–H and O–H groups in total. The third-order valence-corrected chi connectivity index (χ3v) is 4.72. The van der Waals surface area contributed by atoms with Gasteiger partial charge in [0.25, 0.3) is 5.91 Å². The van der Waals surface area contributed by atoms with Crippen molar-refractivity contribution in [2.75, 3.05) is 46.8 Å². The first-order chi connectivity index (χ1) is 12.8. The molecule has 1 fully saturated rings. The minimum atomic E-state index is -0.424. The van der Waals surface area contributed by atoms with E-state index in [1.165, 1.54) is 26.6 Å². The summed E-state index contributed by atoms with van der Waals surface area (Å²) in [5.74, 6) is -0.335. The van der Waals surface area contributed by atoms with Gasteiger partial charge in [-0.2, -0.15) is 0 Å². The molecular formula is C18H24FN6O2+. The van der Waals surface area contributed by atoms with Crippen LogP contribution in [0, 0.1) is 12.7 Å². The second-order valence-electron chi connectivity index (χ2n) is 6.87. The lowest BCUT2D eigenvalue weighted by atomic mass is 10.3. The van der Waals surface area contributed by atoms with Crippen LogP contribution >= 0.6 is 0 Å². The third kappa shape index (κ3) is 4.30. The number of aryl methyl sites for hydroxylation is 1. The van der Waals surface area contributed by atoms with Gasteiger partial charge in [-0.1, -0.05) is 0 Å². The summed E-state index contributed by atoms with van der Waals surface area (Å²) in [6.07, 6.45) is 0. The van der Waals surface area contributed by atoms with Crippen molar-refractivity contribution in [3.8, 4) is 5.69 Å². The van der Waals surface area contributed by atoms with E-state index in [9.17, 15) is 14.0 Å². The Morgan fingerprint density at radius 3 is 2.48 bits per heavy atom. The van der Waals surface area contributed by atoms with Crippen molar-refractivity contribution >= 4 is 11.8 Å². The zero-order valence-electron chi connectivity index (χ0n) is 15.8. The van der Waals surface area contributed by atoms with Gasteiger partial charge in [0.2, 0.25) is 11.7 Å². The first kappa shape index (κ1) is 19.0. The first-order valence-electron chi connectivity index (χ1n) is 8.89. The average molecular weight is 375 g/mol. The van der Waals surface area contributed by atoms with Gasteiger partial charge in [-0.25, -0.2) is 14.1 Å². The quantitative estimate of drug-likeness (QED) is 0.755. The molecule has 2 aromatic rings. The number of rotatable bonds is 4. The fraction of sp³-hybridized carbons (Fsp3) is 0.444. The molecule has 0 bridgehead atoms. The second kappa shape index (κ2) is 7.83. The summed E-state index contributed by atoms with van der Waals surface area (Å²) in [5, 5.41) is 4.22. The molecule has 2 amide bonds. The monoisotopic (exact) mass is 375 g/mol. The molecule has 144 valence electrons. The van der Waals surface area contributed by atoms with Gasteiger partial charge in [-0.05, 0) is 31.2 Å². The number of likely N-dealkylation sites (N-methyl/N-ethyl adjacent to an activating group) is 2. The number of hydrogen-bond donors (Lipinski definition) is 1. The van der Waals surface area contributed by atoms with Gasteiger partial charge >= 0.3 is 0 Å². The summed E-state index contributed by atoms with van der Waals surface area (Å²) in [5.41, 5.74) is 0.610. The Balaban J connectivity index is 1.67. The summed E-state index contributed by atoms with van der Waals surface area (Å²) in [6.45, 7) is 4.91. The zero-order valence-corrected chi connectivity index (χ0v) is 15.8. The van der Waals surface area contributed by atoms with Crippen molar-refractivity contribution in [3.05, 3.63) is 41.7 Å². The minimum Gasteiger partial charge on any atom is -0.334 e. The molecule has 8 nitrogen and oxygen atoms in total. The predicted molar refractivity (Wildman–Crippen MR) is 96.2 cm³/mol. The molecule has 9 heteroatoms. The van der Waals surface area contributed by atoms with E-state index >= 15 is 0 Å². The van der Waals surface area contributed by atoms with Gasteiger partial charge in [-0.3, -0.25) is 9.59 Å². The molecule has 0 radical (unpaired) electrons. The van der Waals surface area contributed by atoms with E-state index in [-0.39, 0.29) is 24.1 Å². The Kier molecular flexibility index (Phi) is 5.50. The van der Waals surface area contributed by atoms with Crippen molar-refractivity contribution in [1.29, 1.82) is 0 Å². The average Bonchev–Trinajstić information content (AvgIpc) is 3.03. The normalized spacial score (nSPS) is 15.0. The van der Waals surface area contributed by atoms with Crippen LogP contribution in [0.1, 0.15) is 16.4 Å². The van der Waals surface area contributed by atoms with Gasteiger partial charge in [0.1, 0.15) is 11.6 Å². The third-order valence-electron chi connectivity index (χ3n) is 4.72. The topological polar surface area (TPSA) is 75.8 Å². The van der Waals surface area contributed by atoms with Gasteiger partial charge in [0, 0.05) is 7.05 Å². The lowest BCUT2D eigenvalue weighted by Crippen LogP contribution is -3.12. The number of carbonyl (C=O) groups is 2. The van der Waals surface area contributed by atoms with Crippen LogP contribution in [0.15, 0.2) is 24.3 Å². The van der Waals surface area contributed by atoms with Crippen LogP contribution in [0.3, 0.4) is 0 Å². The SMILES string of the molecule is Cc1nc(C(=O)N(C)CC(=O)N2CC[NH+](C)CC2)nn1-c1ccc(F)cc1. The molecule has 0 saturated carbocycles. The molecule has 1 aromatic carbocycles. The largest absolute Gasteiger partial charge is 0.334 e. The van der Waals surface area contributed by atoms with Crippen molar-refractivity contribution in [1.82, 2.24) is 24.6 Å². The number of carbonyl (C=O) groups excluding carboxylic acids is 2. The zero-order chi connectivity index (χ0) is 19.6. The molecule has 0 unspecified atom stereocenters. The standard InChI is InChI=1S/C18H23FN6O2/c1-13-20-17(21-25(13)15-6-4-14(19)5-7-15)18(27)23(3)12-16(26)24-10-8-22(2)9-11-24/h4-7H,8-12H2,1-3H3/p+1. The lowest BCUT2D eigenvalue weighted by molar-refractivity contribution is -0.883. The number of benzene rings is 1. The van der Waals surface area contributed by atoms with Gasteiger partial charge in [0.15, 0.2) is 0 Å². The Bertz CT molecular complexity index is 827. The van der Waals surface area contributed by atoms with Crippen LogP contribution in [0.5, 0.6) is 0 Å². The Labute approximate surface area is 157 Å². The summed E-state index contributed by atoms with van der Waals surface area (Å²) in [6, 6.07) is 5.77. The van der Waals surface area contributed by atoms with Crippen LogP contribution < -0.4 is 4.90 Å². The molecule has 0 atom stereocenters. The van der Waals surface area contributed by atoms with Gasteiger partial charge in [-0.15, -0.1) is 5.10 Å². The second-order valence-corrected chi connectivity index (χ2v) is 6.87. The van der Waals surface area contributed by atoms with E-state index < -0.39 is 5.91 Å². The van der Waals surface area contributed by atoms with E-state index in [1.54, 1.807) is 31.0 Å². The van der Waals surface area contributed by atoms with E-state index in [4.69, 9.17) is 0 Å². The highest BCUT2D eigenvalue weighted by Gasteiger charge is 2.25. The van der Waals surface area contributed by atoms with Crippen LogP contribution in [-0.4, -0.2) is 83.2 Å². The van der Waals surface area contributed by atoms with E-state index in [2.05, 4.69) is 17.1 Å². The highest BCUT2D eigenvalue weighted by Crippen LogP contribution is 2.11. The molecule has 1 aromatic heterocycles. The fourth-order valence-corrected chi connectivity index (χ4v) is 2.99. The van der Waals surface area contributed by atoms with Gasteiger partial charge in [0.05, 0.1) is 45.5 Å². The maximum Gasteiger partial charge on any atom is 0.293 e. The smallest absolute Gasteiger partial charge is 0.293 e. The number of halogens is 1. The van der Waals surface area contributed by atoms with Crippen LogP contribution in [0.25, 0.3) is 5.69 Å². The van der Waals surface area contributed by atoms with Crippen LogP contribution in [0.2, 0.25) is 0 Å². The van der Waals surface area contributed by atoms with Crippen molar-refractivity contribution < 1.29 is 18.9 Å². The number of quaternary nitrogens is 1. The Morgan fingerprint density at radius 2 is 1.85 bits per heavy atom. The molecule has 1 aliphatic rings. The highest BCUT2D eigenvalue weighted by molar-refractivity contribution is 5.93. The lowest BCUT2D eigenvalue weighted by Gasteiger charge is -2.31. The minimum absolute atomic E-state index is 0.00921. The van der Waals surface area contributed by atoms with Crippen LogP contribution in [-0.2, 0) is 4.79 Å². The molecule has 1 aliphatic heterocycles. The molecule has 3 rings (SSSR count). The molecule has 0 aliphatic carbocycles. The molecule has 27 heavy (non-hydrogen) atoms. The number of hydrogen-bond acceptors (Lipinski definition) is 4.